The van der Waals surface area contributed by atoms with Crippen molar-refractivity contribution in [3.63, 3.8) is 0 Å². The minimum Gasteiger partial charge on any atom is -0.463 e. The van der Waals surface area contributed by atoms with Gasteiger partial charge in [-0.1, -0.05) is 72.8 Å². The lowest BCUT2D eigenvalue weighted by Gasteiger charge is -2.40. The van der Waals surface area contributed by atoms with Crippen LogP contribution in [0.3, 0.4) is 0 Å². The molecule has 1 saturated heterocycles. The van der Waals surface area contributed by atoms with Crippen molar-refractivity contribution in [3.05, 3.63) is 144 Å². The number of para-hydroxylation sites is 4. The zero-order valence-electron chi connectivity index (χ0n) is 31.8. The molecule has 1 unspecified atom stereocenters. The van der Waals surface area contributed by atoms with Crippen molar-refractivity contribution >= 4 is 67.5 Å². The third kappa shape index (κ3) is 8.05. The lowest BCUT2D eigenvalue weighted by atomic mass is 9.99. The molecule has 9 rings (SSSR count). The number of aromatic nitrogens is 4. The van der Waals surface area contributed by atoms with E-state index in [1.165, 1.54) is 0 Å². The Morgan fingerprint density at radius 3 is 1.25 bits per heavy atom. The van der Waals surface area contributed by atoms with Crippen molar-refractivity contribution in [1.29, 1.82) is 0 Å². The molecule has 1 aliphatic heterocycles. The Hall–Kier alpha value is -7.12. The third-order valence-electron chi connectivity index (χ3n) is 10.8. The summed E-state index contributed by atoms with van der Waals surface area (Å²) in [6.45, 7) is -0.565. The van der Waals surface area contributed by atoms with Gasteiger partial charge in [0.05, 0.1) is 32.3 Å². The van der Waals surface area contributed by atoms with Crippen LogP contribution in [0.15, 0.2) is 122 Å². The summed E-state index contributed by atoms with van der Waals surface area (Å²) in [4.78, 5) is 67.4. The van der Waals surface area contributed by atoms with Crippen molar-refractivity contribution in [3.8, 4) is 0 Å². The second kappa shape index (κ2) is 16.4. The highest BCUT2D eigenvalue weighted by Gasteiger charge is 2.48. The van der Waals surface area contributed by atoms with Gasteiger partial charge in [-0.15, -0.1) is 0 Å². The standard InChI is InChI=1S/C46H40N4O9/c51-41(17-27-21-47-35-13-5-1-9-31(27)35)56-25-39-45(58-43(53)19-29-23-49-37-15-7-3-11-33(29)37)46(59-44(54)20-30-24-50-38-16-8-4-12-34(30)38)40(26-55-39)57-42(52)18-28-22-48-36-14-6-2-10-32(28)36/h1-16,21-24,39-40,45-50H,17-20,25-26H2/t39?,40-,45+,46-/m1/s1. The number of ether oxygens (including phenoxy) is 5. The Bertz CT molecular complexity index is 2810. The summed E-state index contributed by atoms with van der Waals surface area (Å²) >= 11 is 0. The van der Waals surface area contributed by atoms with E-state index < -0.39 is 48.3 Å². The SMILES string of the molecule is O=C(Cc1c[nH]c2ccccc12)OCC1OC[C@@H](OC(=O)Cc2c[nH]c3ccccc23)[C@@H](OC(=O)Cc2c[nH]c3ccccc23)[C@H]1OC(=O)Cc1c[nH]c2ccccc12. The molecule has 0 bridgehead atoms. The molecule has 4 N–H and O–H groups in total. The quantitative estimate of drug-likeness (QED) is 0.0744. The van der Waals surface area contributed by atoms with E-state index in [0.717, 1.165) is 54.7 Å². The molecule has 298 valence electrons. The van der Waals surface area contributed by atoms with Crippen LogP contribution >= 0.6 is 0 Å². The second-order valence-corrected chi connectivity index (χ2v) is 14.6. The topological polar surface area (TPSA) is 178 Å². The summed E-state index contributed by atoms with van der Waals surface area (Å²) in [5.41, 5.74) is 6.31. The lowest BCUT2D eigenvalue weighted by molar-refractivity contribution is -0.232. The van der Waals surface area contributed by atoms with Crippen LogP contribution in [0.2, 0.25) is 0 Å². The van der Waals surface area contributed by atoms with Crippen LogP contribution in [0.4, 0.5) is 0 Å². The van der Waals surface area contributed by atoms with Crippen LogP contribution in [-0.2, 0) is 68.5 Å². The van der Waals surface area contributed by atoms with Gasteiger partial charge in [-0.2, -0.15) is 0 Å². The smallest absolute Gasteiger partial charge is 0.310 e. The molecule has 4 atom stereocenters. The van der Waals surface area contributed by atoms with E-state index >= 15 is 0 Å². The Balaban J connectivity index is 0.989. The Morgan fingerprint density at radius 2 is 0.831 bits per heavy atom. The molecule has 0 radical (unpaired) electrons. The first kappa shape index (κ1) is 37.5. The number of fused-ring (bicyclic) bond motifs is 4. The molecule has 0 aliphatic carbocycles. The molecular formula is C46H40N4O9. The highest BCUT2D eigenvalue weighted by Crippen LogP contribution is 2.29. The number of benzene rings is 4. The molecule has 1 aliphatic rings. The summed E-state index contributed by atoms with van der Waals surface area (Å²) in [6, 6.07) is 30.3. The van der Waals surface area contributed by atoms with Gasteiger partial charge >= 0.3 is 23.9 Å². The minimum atomic E-state index is -1.33. The van der Waals surface area contributed by atoms with Crippen LogP contribution in [0, 0.1) is 0 Å². The molecule has 0 spiro atoms. The Kier molecular flexibility index (Phi) is 10.4. The largest absolute Gasteiger partial charge is 0.463 e. The summed E-state index contributed by atoms with van der Waals surface area (Å²) in [6.07, 6.45) is 1.70. The van der Waals surface area contributed by atoms with Crippen LogP contribution in [0.25, 0.3) is 43.6 Å². The van der Waals surface area contributed by atoms with Gasteiger partial charge < -0.3 is 43.6 Å². The summed E-state index contributed by atoms with van der Waals surface area (Å²) in [5, 5.41) is 3.45. The Labute approximate surface area is 336 Å². The Morgan fingerprint density at radius 1 is 0.475 bits per heavy atom. The fourth-order valence-electron chi connectivity index (χ4n) is 7.92. The maximum absolute atomic E-state index is 13.9. The number of nitrogens with one attached hydrogen (secondary N) is 4. The number of rotatable bonds is 13. The average Bonchev–Trinajstić information content (AvgIpc) is 4.05. The van der Waals surface area contributed by atoms with Gasteiger partial charge in [0.1, 0.15) is 12.7 Å². The fourth-order valence-corrected chi connectivity index (χ4v) is 7.92. The molecule has 4 aromatic heterocycles. The summed E-state index contributed by atoms with van der Waals surface area (Å²) in [7, 11) is 0. The normalized spacial score (nSPS) is 18.0. The molecule has 5 heterocycles. The van der Waals surface area contributed by atoms with Crippen LogP contribution < -0.4 is 0 Å². The number of esters is 4. The maximum atomic E-state index is 13.9. The molecule has 0 amide bonds. The van der Waals surface area contributed by atoms with E-state index in [1.807, 2.05) is 97.1 Å². The second-order valence-electron chi connectivity index (χ2n) is 14.6. The molecule has 59 heavy (non-hydrogen) atoms. The van der Waals surface area contributed by atoms with Gasteiger partial charge in [-0.05, 0) is 46.5 Å². The minimum absolute atomic E-state index is 0.0289. The van der Waals surface area contributed by atoms with Crippen molar-refractivity contribution in [2.45, 2.75) is 50.1 Å². The maximum Gasteiger partial charge on any atom is 0.310 e. The zero-order chi connectivity index (χ0) is 40.3. The van der Waals surface area contributed by atoms with Crippen LogP contribution in [0.5, 0.6) is 0 Å². The first-order valence-electron chi connectivity index (χ1n) is 19.4. The fraction of sp³-hybridized carbons (Fsp3) is 0.217. The molecule has 1 fully saturated rings. The predicted molar refractivity (Wildman–Crippen MR) is 218 cm³/mol. The van der Waals surface area contributed by atoms with E-state index in [9.17, 15) is 19.2 Å². The average molecular weight is 793 g/mol. The first-order chi connectivity index (χ1) is 28.9. The molecule has 13 nitrogen and oxygen atoms in total. The predicted octanol–water partition coefficient (Wildman–Crippen LogP) is 6.56. The molecule has 8 aromatic rings. The number of hydrogen-bond donors (Lipinski definition) is 4. The highest BCUT2D eigenvalue weighted by atomic mass is 16.7. The van der Waals surface area contributed by atoms with Gasteiger partial charge in [-0.25, -0.2) is 0 Å². The number of carbonyl (C=O) groups excluding carboxylic acids is 4. The molecule has 4 aromatic carbocycles. The number of aromatic amines is 4. The van der Waals surface area contributed by atoms with Crippen LogP contribution in [-0.4, -0.2) is 81.4 Å². The first-order valence-corrected chi connectivity index (χ1v) is 19.4. The molecule has 0 saturated carbocycles. The van der Waals surface area contributed by atoms with Gasteiger partial charge in [0, 0.05) is 68.4 Å². The van der Waals surface area contributed by atoms with Crippen molar-refractivity contribution < 1.29 is 42.9 Å². The van der Waals surface area contributed by atoms with E-state index in [-0.39, 0.29) is 38.9 Å². The third-order valence-corrected chi connectivity index (χ3v) is 10.8. The summed E-state index contributed by atoms with van der Waals surface area (Å²) in [5.74, 6) is -2.44. The van der Waals surface area contributed by atoms with E-state index in [0.29, 0.717) is 11.1 Å². The zero-order valence-corrected chi connectivity index (χ0v) is 31.8. The van der Waals surface area contributed by atoms with Crippen LogP contribution in [0.1, 0.15) is 22.3 Å². The lowest BCUT2D eigenvalue weighted by Crippen LogP contribution is -2.59. The summed E-state index contributed by atoms with van der Waals surface area (Å²) < 4.78 is 30.3. The van der Waals surface area contributed by atoms with Gasteiger partial charge in [0.25, 0.3) is 0 Å². The van der Waals surface area contributed by atoms with Crippen molar-refractivity contribution in [2.75, 3.05) is 13.2 Å². The van der Waals surface area contributed by atoms with E-state index in [4.69, 9.17) is 23.7 Å². The molecular weight excluding hydrogens is 753 g/mol. The molecule has 13 heteroatoms. The number of H-pyrrole nitrogens is 4. The van der Waals surface area contributed by atoms with Gasteiger partial charge in [0.15, 0.2) is 18.3 Å². The monoisotopic (exact) mass is 792 g/mol. The van der Waals surface area contributed by atoms with Crippen molar-refractivity contribution in [2.24, 2.45) is 0 Å². The number of carbonyl (C=O) groups is 4. The highest BCUT2D eigenvalue weighted by molar-refractivity contribution is 5.90. The van der Waals surface area contributed by atoms with E-state index in [1.54, 1.807) is 24.8 Å². The van der Waals surface area contributed by atoms with E-state index in [2.05, 4.69) is 19.9 Å². The van der Waals surface area contributed by atoms with Gasteiger partial charge in [-0.3, -0.25) is 19.2 Å². The van der Waals surface area contributed by atoms with Crippen molar-refractivity contribution in [1.82, 2.24) is 19.9 Å². The number of hydrogen-bond acceptors (Lipinski definition) is 9. The van der Waals surface area contributed by atoms with Gasteiger partial charge in [0.2, 0.25) is 0 Å².